The SMILES string of the molecule is CSC1(CNC(=O)N2C(C(=O)O)CSC2C2CC2)CC1. The molecule has 2 saturated carbocycles. The molecule has 5 nitrogen and oxygen atoms in total. The molecule has 112 valence electrons. The number of carbonyl (C=O) groups excluding carboxylic acids is 1. The molecule has 0 radical (unpaired) electrons. The van der Waals surface area contributed by atoms with Gasteiger partial charge in [0.25, 0.3) is 0 Å². The fourth-order valence-electron chi connectivity index (χ4n) is 2.64. The van der Waals surface area contributed by atoms with E-state index in [1.54, 1.807) is 28.4 Å². The molecule has 7 heteroatoms. The van der Waals surface area contributed by atoms with Gasteiger partial charge in [-0.1, -0.05) is 0 Å². The topological polar surface area (TPSA) is 69.6 Å². The van der Waals surface area contributed by atoms with Crippen LogP contribution in [0.2, 0.25) is 0 Å². The fourth-order valence-corrected chi connectivity index (χ4v) is 5.00. The van der Waals surface area contributed by atoms with Crippen molar-refractivity contribution in [3.8, 4) is 0 Å². The first-order valence-corrected chi connectivity index (χ1v) is 9.29. The summed E-state index contributed by atoms with van der Waals surface area (Å²) in [5.41, 5.74) is 0. The summed E-state index contributed by atoms with van der Waals surface area (Å²) >= 11 is 3.41. The van der Waals surface area contributed by atoms with Gasteiger partial charge in [-0.3, -0.25) is 4.90 Å². The summed E-state index contributed by atoms with van der Waals surface area (Å²) in [6.07, 6.45) is 6.57. The number of hydrogen-bond donors (Lipinski definition) is 2. The Hall–Kier alpha value is -0.560. The van der Waals surface area contributed by atoms with Crippen LogP contribution < -0.4 is 5.32 Å². The predicted octanol–water partition coefficient (Wildman–Crippen LogP) is 1.83. The Kier molecular flexibility index (Phi) is 3.83. The van der Waals surface area contributed by atoms with Crippen molar-refractivity contribution >= 4 is 35.5 Å². The molecule has 0 aromatic carbocycles. The minimum absolute atomic E-state index is 0.0560. The summed E-state index contributed by atoms with van der Waals surface area (Å²) in [6, 6.07) is -0.866. The highest BCUT2D eigenvalue weighted by molar-refractivity contribution is 8.00. The Bertz CT molecular complexity index is 424. The predicted molar refractivity (Wildman–Crippen MR) is 81.1 cm³/mol. The zero-order chi connectivity index (χ0) is 14.3. The number of aliphatic carboxylic acids is 1. The van der Waals surface area contributed by atoms with Gasteiger partial charge in [-0.15, -0.1) is 11.8 Å². The summed E-state index contributed by atoms with van der Waals surface area (Å²) in [7, 11) is 0. The van der Waals surface area contributed by atoms with Crippen molar-refractivity contribution in [1.82, 2.24) is 10.2 Å². The normalized spacial score (nSPS) is 31.1. The largest absolute Gasteiger partial charge is 0.480 e. The van der Waals surface area contributed by atoms with Crippen molar-refractivity contribution < 1.29 is 14.7 Å². The van der Waals surface area contributed by atoms with Gasteiger partial charge < -0.3 is 10.4 Å². The first kappa shape index (κ1) is 14.4. The van der Waals surface area contributed by atoms with Crippen molar-refractivity contribution in [3.05, 3.63) is 0 Å². The molecule has 0 aromatic heterocycles. The number of nitrogens with zero attached hydrogens (tertiary/aromatic N) is 1. The molecular formula is C13H20N2O3S2. The second-order valence-electron chi connectivity index (χ2n) is 5.87. The van der Waals surface area contributed by atoms with E-state index in [9.17, 15) is 14.7 Å². The van der Waals surface area contributed by atoms with Crippen LogP contribution in [0.4, 0.5) is 4.79 Å². The van der Waals surface area contributed by atoms with Crippen LogP contribution in [0.1, 0.15) is 25.7 Å². The maximum Gasteiger partial charge on any atom is 0.327 e. The van der Waals surface area contributed by atoms with Gasteiger partial charge in [0.15, 0.2) is 0 Å². The Balaban J connectivity index is 1.64. The molecule has 3 fully saturated rings. The highest BCUT2D eigenvalue weighted by Gasteiger charge is 2.49. The van der Waals surface area contributed by atoms with Crippen molar-refractivity contribution in [1.29, 1.82) is 0 Å². The number of carbonyl (C=O) groups is 2. The summed E-state index contributed by atoms with van der Waals surface area (Å²) < 4.78 is 0.205. The first-order chi connectivity index (χ1) is 9.56. The van der Waals surface area contributed by atoms with E-state index in [0.29, 0.717) is 18.2 Å². The zero-order valence-corrected chi connectivity index (χ0v) is 13.1. The van der Waals surface area contributed by atoms with Crippen LogP contribution in [0.25, 0.3) is 0 Å². The van der Waals surface area contributed by atoms with Crippen molar-refractivity contribution in [2.75, 3.05) is 18.6 Å². The molecule has 3 aliphatic rings. The number of hydrogen-bond acceptors (Lipinski definition) is 4. The molecule has 2 atom stereocenters. The maximum atomic E-state index is 12.4. The van der Waals surface area contributed by atoms with E-state index in [1.807, 2.05) is 0 Å². The monoisotopic (exact) mass is 316 g/mol. The minimum atomic E-state index is -0.887. The third-order valence-electron chi connectivity index (χ3n) is 4.38. The third kappa shape index (κ3) is 2.74. The number of thioether (sulfide) groups is 2. The van der Waals surface area contributed by atoms with Gasteiger partial charge in [0.05, 0.1) is 5.37 Å². The number of amides is 2. The van der Waals surface area contributed by atoms with Crippen molar-refractivity contribution in [3.63, 3.8) is 0 Å². The lowest BCUT2D eigenvalue weighted by Crippen LogP contribution is -2.51. The molecule has 2 unspecified atom stereocenters. The Morgan fingerprint density at radius 1 is 1.45 bits per heavy atom. The van der Waals surface area contributed by atoms with E-state index in [-0.39, 0.29) is 16.2 Å². The highest BCUT2D eigenvalue weighted by Crippen LogP contribution is 2.47. The molecule has 0 aromatic rings. The second-order valence-corrected chi connectivity index (χ2v) is 8.29. The van der Waals surface area contributed by atoms with Crippen LogP contribution in [0.5, 0.6) is 0 Å². The molecule has 2 N–H and O–H groups in total. The maximum absolute atomic E-state index is 12.4. The summed E-state index contributed by atoms with van der Waals surface area (Å²) in [5, 5.41) is 12.3. The Labute approximate surface area is 127 Å². The van der Waals surface area contributed by atoms with Crippen LogP contribution in [-0.4, -0.2) is 56.7 Å². The lowest BCUT2D eigenvalue weighted by atomic mass is 10.2. The zero-order valence-electron chi connectivity index (χ0n) is 11.5. The van der Waals surface area contributed by atoms with Gasteiger partial charge >= 0.3 is 12.0 Å². The Morgan fingerprint density at radius 3 is 2.65 bits per heavy atom. The molecule has 1 aliphatic heterocycles. The van der Waals surface area contributed by atoms with Crippen LogP contribution in [0, 0.1) is 5.92 Å². The van der Waals surface area contributed by atoms with Gasteiger partial charge in [0.1, 0.15) is 6.04 Å². The molecule has 2 aliphatic carbocycles. The second kappa shape index (κ2) is 5.33. The lowest BCUT2D eigenvalue weighted by molar-refractivity contribution is -0.141. The molecule has 20 heavy (non-hydrogen) atoms. The molecular weight excluding hydrogens is 296 g/mol. The van der Waals surface area contributed by atoms with Gasteiger partial charge in [0, 0.05) is 17.0 Å². The number of rotatable bonds is 5. The average Bonchev–Trinajstić information content (AvgIpc) is 3.35. The third-order valence-corrected chi connectivity index (χ3v) is 7.26. The fraction of sp³-hybridized carbons (Fsp3) is 0.846. The van der Waals surface area contributed by atoms with E-state index >= 15 is 0 Å². The highest BCUT2D eigenvalue weighted by atomic mass is 32.2. The Morgan fingerprint density at radius 2 is 2.15 bits per heavy atom. The smallest absolute Gasteiger partial charge is 0.327 e. The number of carboxylic acids is 1. The van der Waals surface area contributed by atoms with E-state index in [4.69, 9.17) is 0 Å². The van der Waals surface area contributed by atoms with Gasteiger partial charge in [-0.2, -0.15) is 11.8 Å². The summed E-state index contributed by atoms with van der Waals surface area (Å²) in [4.78, 5) is 25.3. The molecule has 2 amide bonds. The molecule has 1 heterocycles. The van der Waals surface area contributed by atoms with Gasteiger partial charge in [-0.05, 0) is 37.9 Å². The van der Waals surface area contributed by atoms with E-state index in [2.05, 4.69) is 11.6 Å². The first-order valence-electron chi connectivity index (χ1n) is 7.02. The van der Waals surface area contributed by atoms with Crippen molar-refractivity contribution in [2.45, 2.75) is 41.8 Å². The molecule has 3 rings (SSSR count). The molecule has 0 bridgehead atoms. The van der Waals surface area contributed by atoms with Crippen LogP contribution in [0.3, 0.4) is 0 Å². The van der Waals surface area contributed by atoms with E-state index in [0.717, 1.165) is 25.7 Å². The van der Waals surface area contributed by atoms with Gasteiger partial charge in [0.2, 0.25) is 0 Å². The summed E-state index contributed by atoms with van der Waals surface area (Å²) in [5.74, 6) is 0.116. The molecule has 0 spiro atoms. The van der Waals surface area contributed by atoms with Crippen molar-refractivity contribution in [2.24, 2.45) is 5.92 Å². The van der Waals surface area contributed by atoms with Gasteiger partial charge in [-0.25, -0.2) is 9.59 Å². The number of nitrogens with one attached hydrogen (secondary N) is 1. The van der Waals surface area contributed by atoms with Crippen LogP contribution >= 0.6 is 23.5 Å². The average molecular weight is 316 g/mol. The standard InChI is InChI=1S/C13H20N2O3S2/c1-19-13(4-5-13)7-14-12(18)15-9(11(16)17)6-20-10(15)8-2-3-8/h8-10H,2-7H2,1H3,(H,14,18)(H,16,17). The minimum Gasteiger partial charge on any atom is -0.480 e. The van der Waals surface area contributed by atoms with E-state index in [1.165, 1.54) is 0 Å². The number of carboxylic acid groups (broad SMARTS) is 1. The van der Waals surface area contributed by atoms with E-state index < -0.39 is 12.0 Å². The van der Waals surface area contributed by atoms with Crippen LogP contribution in [-0.2, 0) is 4.79 Å². The number of urea groups is 1. The van der Waals surface area contributed by atoms with Crippen LogP contribution in [0.15, 0.2) is 0 Å². The summed E-state index contributed by atoms with van der Waals surface area (Å²) in [6.45, 7) is 0.651. The lowest BCUT2D eigenvalue weighted by Gasteiger charge is -2.28. The quantitative estimate of drug-likeness (QED) is 0.810. The molecule has 1 saturated heterocycles.